The van der Waals surface area contributed by atoms with E-state index < -0.39 is 0 Å². The van der Waals surface area contributed by atoms with E-state index in [1.165, 1.54) is 24.9 Å². The van der Waals surface area contributed by atoms with Gasteiger partial charge in [0.1, 0.15) is 12.4 Å². The van der Waals surface area contributed by atoms with E-state index in [9.17, 15) is 0 Å². The zero-order chi connectivity index (χ0) is 18.1. The number of hydrogen-bond donors (Lipinski definition) is 0. The van der Waals surface area contributed by atoms with Crippen molar-refractivity contribution >= 4 is 16.6 Å². The minimum Gasteiger partial charge on any atom is -0.474 e. The normalized spacial score (nSPS) is 24.3. The van der Waals surface area contributed by atoms with Gasteiger partial charge in [-0.2, -0.15) is 0 Å². The number of ether oxygens (including phenoxy) is 2. The number of benzene rings is 1. The van der Waals surface area contributed by atoms with E-state index in [0.29, 0.717) is 12.2 Å². The van der Waals surface area contributed by atoms with Crippen molar-refractivity contribution in [3.8, 4) is 5.88 Å². The maximum absolute atomic E-state index is 6.11. The highest BCUT2D eigenvalue weighted by atomic mass is 16.5. The quantitative estimate of drug-likeness (QED) is 0.809. The van der Waals surface area contributed by atoms with E-state index in [2.05, 4.69) is 38.0 Å². The van der Waals surface area contributed by atoms with Crippen LogP contribution in [0.3, 0.4) is 0 Å². The minimum absolute atomic E-state index is 0.327. The van der Waals surface area contributed by atoms with Crippen LogP contribution < -0.4 is 9.64 Å². The summed E-state index contributed by atoms with van der Waals surface area (Å²) in [5.41, 5.74) is 2.20. The van der Waals surface area contributed by atoms with Crippen LogP contribution in [0.25, 0.3) is 10.9 Å². The molecule has 2 aromatic rings. The fraction of sp³-hybridized carbons (Fsp3) is 0.619. The Kier molecular flexibility index (Phi) is 4.84. The van der Waals surface area contributed by atoms with E-state index in [1.54, 1.807) is 6.33 Å². The van der Waals surface area contributed by atoms with Crippen molar-refractivity contribution in [1.82, 2.24) is 14.9 Å². The van der Waals surface area contributed by atoms with Crippen LogP contribution in [0.15, 0.2) is 24.5 Å². The van der Waals surface area contributed by atoms with Gasteiger partial charge < -0.3 is 14.4 Å². The van der Waals surface area contributed by atoms with Gasteiger partial charge in [0.15, 0.2) is 0 Å². The topological polar surface area (TPSA) is 50.7 Å². The zero-order valence-corrected chi connectivity index (χ0v) is 15.8. The lowest BCUT2D eigenvalue weighted by molar-refractivity contribution is 0.0713. The van der Waals surface area contributed by atoms with Gasteiger partial charge in [0.05, 0.1) is 17.0 Å². The van der Waals surface area contributed by atoms with Gasteiger partial charge in [-0.05, 0) is 50.3 Å². The summed E-state index contributed by atoms with van der Waals surface area (Å²) in [4.78, 5) is 13.8. The molecule has 27 heavy (non-hydrogen) atoms. The summed E-state index contributed by atoms with van der Waals surface area (Å²) in [6, 6.07) is 6.48. The summed E-state index contributed by atoms with van der Waals surface area (Å²) >= 11 is 0. The summed E-state index contributed by atoms with van der Waals surface area (Å²) in [7, 11) is 0. The largest absolute Gasteiger partial charge is 0.474 e. The summed E-state index contributed by atoms with van der Waals surface area (Å²) in [6.07, 6.45) is 8.35. The Bertz CT molecular complexity index is 781. The summed E-state index contributed by atoms with van der Waals surface area (Å²) < 4.78 is 11.9. The average Bonchev–Trinajstić information content (AvgIpc) is 3.18. The molecule has 144 valence electrons. The van der Waals surface area contributed by atoms with Gasteiger partial charge in [-0.15, -0.1) is 0 Å². The molecule has 1 saturated carbocycles. The molecule has 2 aliphatic heterocycles. The van der Waals surface area contributed by atoms with Crippen LogP contribution in [0.4, 0.5) is 5.69 Å². The third kappa shape index (κ3) is 3.73. The molecule has 0 amide bonds. The lowest BCUT2D eigenvalue weighted by Gasteiger charge is -2.37. The van der Waals surface area contributed by atoms with Crippen molar-refractivity contribution in [2.45, 2.75) is 44.3 Å². The smallest absolute Gasteiger partial charge is 0.224 e. The molecule has 3 fully saturated rings. The SMILES string of the molecule is c1nc(OC2CCC2)c2cc(N3CCN(CC4CCCO4)CC3)ccc2n1. The summed E-state index contributed by atoms with van der Waals surface area (Å²) in [5.74, 6) is 0.739. The van der Waals surface area contributed by atoms with Crippen molar-refractivity contribution in [2.24, 2.45) is 0 Å². The molecular weight excluding hydrogens is 340 g/mol. The molecule has 3 aliphatic rings. The van der Waals surface area contributed by atoms with E-state index >= 15 is 0 Å². The molecule has 3 heterocycles. The molecule has 2 saturated heterocycles. The first-order valence-corrected chi connectivity index (χ1v) is 10.4. The molecule has 1 aromatic heterocycles. The standard InChI is InChI=1S/C21H28N4O2/c1-3-17(4-1)27-21-19-13-16(6-7-20(19)22-15-23-21)25-10-8-24(9-11-25)14-18-5-2-12-26-18/h6-7,13,15,17-18H,1-5,8-12,14H2. The van der Waals surface area contributed by atoms with E-state index in [1.807, 2.05) is 0 Å². The fourth-order valence-electron chi connectivity index (χ4n) is 4.22. The van der Waals surface area contributed by atoms with Crippen LogP contribution in [0, 0.1) is 0 Å². The van der Waals surface area contributed by atoms with Crippen molar-refractivity contribution < 1.29 is 9.47 Å². The molecule has 6 heteroatoms. The van der Waals surface area contributed by atoms with Gasteiger partial charge in [0, 0.05) is 45.0 Å². The van der Waals surface area contributed by atoms with Gasteiger partial charge in [-0.25, -0.2) is 9.97 Å². The molecule has 0 radical (unpaired) electrons. The van der Waals surface area contributed by atoms with Gasteiger partial charge in [-0.3, -0.25) is 4.90 Å². The second-order valence-electron chi connectivity index (χ2n) is 7.97. The maximum Gasteiger partial charge on any atom is 0.224 e. The van der Waals surface area contributed by atoms with Crippen molar-refractivity contribution in [1.29, 1.82) is 0 Å². The number of nitrogens with zero attached hydrogens (tertiary/aromatic N) is 4. The van der Waals surface area contributed by atoms with Crippen LogP contribution in [0.1, 0.15) is 32.1 Å². The lowest BCUT2D eigenvalue weighted by Crippen LogP contribution is -2.48. The first-order chi connectivity index (χ1) is 13.3. The fourth-order valence-corrected chi connectivity index (χ4v) is 4.22. The van der Waals surface area contributed by atoms with Crippen LogP contribution >= 0.6 is 0 Å². The Morgan fingerprint density at radius 1 is 1.04 bits per heavy atom. The monoisotopic (exact) mass is 368 g/mol. The summed E-state index contributed by atoms with van der Waals surface area (Å²) in [6.45, 7) is 6.30. The Balaban J connectivity index is 1.28. The minimum atomic E-state index is 0.327. The van der Waals surface area contributed by atoms with Crippen LogP contribution in [0.5, 0.6) is 5.88 Å². The number of rotatable bonds is 5. The van der Waals surface area contributed by atoms with Crippen molar-refractivity contribution in [3.63, 3.8) is 0 Å². The van der Waals surface area contributed by atoms with E-state index in [4.69, 9.17) is 9.47 Å². The van der Waals surface area contributed by atoms with Gasteiger partial charge in [0.25, 0.3) is 0 Å². The number of piperazine rings is 1. The molecular formula is C21H28N4O2. The second kappa shape index (κ2) is 7.60. The van der Waals surface area contributed by atoms with E-state index in [-0.39, 0.29) is 0 Å². The molecule has 1 aliphatic carbocycles. The van der Waals surface area contributed by atoms with Crippen LogP contribution in [0.2, 0.25) is 0 Å². The molecule has 5 rings (SSSR count). The summed E-state index contributed by atoms with van der Waals surface area (Å²) in [5, 5.41) is 1.03. The highest BCUT2D eigenvalue weighted by Gasteiger charge is 2.24. The van der Waals surface area contributed by atoms with E-state index in [0.717, 1.165) is 69.0 Å². The predicted octanol–water partition coefficient (Wildman–Crippen LogP) is 2.86. The van der Waals surface area contributed by atoms with Crippen LogP contribution in [-0.2, 0) is 4.74 Å². The first kappa shape index (κ1) is 17.2. The Labute approximate surface area is 160 Å². The van der Waals surface area contributed by atoms with Gasteiger partial charge in [0.2, 0.25) is 5.88 Å². The predicted molar refractivity (Wildman–Crippen MR) is 105 cm³/mol. The van der Waals surface area contributed by atoms with Crippen LogP contribution in [-0.4, -0.2) is 66.4 Å². The molecule has 0 N–H and O–H groups in total. The zero-order valence-electron chi connectivity index (χ0n) is 15.8. The molecule has 1 unspecified atom stereocenters. The number of hydrogen-bond acceptors (Lipinski definition) is 6. The molecule has 0 bridgehead atoms. The highest BCUT2D eigenvalue weighted by Crippen LogP contribution is 2.31. The third-order valence-corrected chi connectivity index (χ3v) is 6.14. The second-order valence-corrected chi connectivity index (χ2v) is 7.97. The molecule has 0 spiro atoms. The van der Waals surface area contributed by atoms with Crippen molar-refractivity contribution in [3.05, 3.63) is 24.5 Å². The Hall–Kier alpha value is -1.92. The third-order valence-electron chi connectivity index (χ3n) is 6.14. The van der Waals surface area contributed by atoms with Crippen molar-refractivity contribution in [2.75, 3.05) is 44.2 Å². The molecule has 1 aromatic carbocycles. The molecule has 6 nitrogen and oxygen atoms in total. The average molecular weight is 368 g/mol. The van der Waals surface area contributed by atoms with Gasteiger partial charge >= 0.3 is 0 Å². The Morgan fingerprint density at radius 3 is 2.67 bits per heavy atom. The lowest BCUT2D eigenvalue weighted by atomic mass is 9.96. The molecule has 1 atom stereocenters. The maximum atomic E-state index is 6.11. The number of fused-ring (bicyclic) bond motifs is 1. The van der Waals surface area contributed by atoms with Gasteiger partial charge in [-0.1, -0.05) is 0 Å². The number of aromatic nitrogens is 2. The highest BCUT2D eigenvalue weighted by molar-refractivity contribution is 5.86. The Morgan fingerprint density at radius 2 is 1.93 bits per heavy atom. The first-order valence-electron chi connectivity index (χ1n) is 10.4. The number of anilines is 1.